The van der Waals surface area contributed by atoms with Gasteiger partial charge in [0, 0.05) is 10.6 Å². The molecule has 0 bridgehead atoms. The third-order valence-corrected chi connectivity index (χ3v) is 4.07. The summed E-state index contributed by atoms with van der Waals surface area (Å²) in [6.45, 7) is 2.94. The Hall–Kier alpha value is -2.31. The molecule has 0 unspecified atom stereocenters. The van der Waals surface area contributed by atoms with E-state index in [4.69, 9.17) is 28.6 Å². The fourth-order valence-corrected chi connectivity index (χ4v) is 2.63. The predicted molar refractivity (Wildman–Crippen MR) is 97.4 cm³/mol. The molecule has 5 nitrogen and oxygen atoms in total. The van der Waals surface area contributed by atoms with Crippen LogP contribution in [0, 0.1) is 11.7 Å². The molecule has 2 aromatic carbocycles. The summed E-state index contributed by atoms with van der Waals surface area (Å²) in [5.41, 5.74) is 5.35. The van der Waals surface area contributed by atoms with E-state index in [1.165, 1.54) is 0 Å². The third kappa shape index (κ3) is 3.96. The zero-order chi connectivity index (χ0) is 16.9. The van der Waals surface area contributed by atoms with Crippen LogP contribution in [-0.4, -0.2) is 14.9 Å². The summed E-state index contributed by atoms with van der Waals surface area (Å²) < 4.78 is 8.23. The first-order valence-corrected chi connectivity index (χ1v) is 8.25. The van der Waals surface area contributed by atoms with Gasteiger partial charge in [-0.3, -0.25) is 5.10 Å². The lowest BCUT2D eigenvalue weighted by atomic mass is 10.2. The van der Waals surface area contributed by atoms with Crippen LogP contribution in [-0.2, 0) is 13.2 Å². The van der Waals surface area contributed by atoms with Gasteiger partial charge in [-0.05, 0) is 42.9 Å². The van der Waals surface area contributed by atoms with Gasteiger partial charge in [0.15, 0.2) is 0 Å². The standard InChI is InChI=1S/C17H17ClN4OS/c1-12-20-21-17(24)22(12)19-10-14-4-2-3-5-16(14)23-11-13-6-8-15(18)9-7-13/h2-9,19H,10-11H2,1H3,(H,21,24). The third-order valence-electron chi connectivity index (χ3n) is 3.55. The largest absolute Gasteiger partial charge is 0.489 e. The Morgan fingerprint density at radius 1 is 1.21 bits per heavy atom. The van der Waals surface area contributed by atoms with Crippen LogP contribution in [0.5, 0.6) is 5.75 Å². The van der Waals surface area contributed by atoms with Crippen molar-refractivity contribution in [2.75, 3.05) is 5.43 Å². The normalized spacial score (nSPS) is 10.6. The van der Waals surface area contributed by atoms with Gasteiger partial charge >= 0.3 is 0 Å². The summed E-state index contributed by atoms with van der Waals surface area (Å²) in [6, 6.07) is 15.5. The lowest BCUT2D eigenvalue weighted by Gasteiger charge is -2.13. The Kier molecular flexibility index (Phi) is 5.17. The van der Waals surface area contributed by atoms with Crippen molar-refractivity contribution >= 4 is 23.8 Å². The molecule has 0 spiro atoms. The summed E-state index contributed by atoms with van der Waals surface area (Å²) >= 11 is 11.1. The Morgan fingerprint density at radius 2 is 1.96 bits per heavy atom. The number of ether oxygens (including phenoxy) is 1. The van der Waals surface area contributed by atoms with E-state index in [-0.39, 0.29) is 0 Å². The highest BCUT2D eigenvalue weighted by Gasteiger charge is 2.05. The van der Waals surface area contributed by atoms with Crippen molar-refractivity contribution in [2.24, 2.45) is 0 Å². The average Bonchev–Trinajstić information content (AvgIpc) is 2.91. The molecule has 1 aromatic heterocycles. The predicted octanol–water partition coefficient (Wildman–Crippen LogP) is 4.23. The second kappa shape index (κ2) is 7.51. The van der Waals surface area contributed by atoms with Crippen molar-refractivity contribution in [2.45, 2.75) is 20.1 Å². The van der Waals surface area contributed by atoms with Gasteiger partial charge in [-0.15, -0.1) is 0 Å². The number of hydrogen-bond acceptors (Lipinski definition) is 4. The Bertz CT molecular complexity index is 873. The molecule has 124 valence electrons. The van der Waals surface area contributed by atoms with Crippen LogP contribution >= 0.6 is 23.8 Å². The van der Waals surface area contributed by atoms with Gasteiger partial charge in [-0.1, -0.05) is 41.9 Å². The number of para-hydroxylation sites is 1. The van der Waals surface area contributed by atoms with Crippen molar-refractivity contribution in [1.29, 1.82) is 0 Å². The molecule has 0 radical (unpaired) electrons. The van der Waals surface area contributed by atoms with Crippen molar-refractivity contribution in [3.63, 3.8) is 0 Å². The molecule has 3 aromatic rings. The molecule has 0 fully saturated rings. The molecule has 3 rings (SSSR count). The lowest BCUT2D eigenvalue weighted by molar-refractivity contribution is 0.303. The van der Waals surface area contributed by atoms with E-state index < -0.39 is 0 Å². The number of halogens is 1. The number of aromatic amines is 1. The molecule has 1 heterocycles. The molecule has 0 saturated carbocycles. The van der Waals surface area contributed by atoms with E-state index in [9.17, 15) is 0 Å². The average molecular weight is 361 g/mol. The molecular weight excluding hydrogens is 344 g/mol. The maximum absolute atomic E-state index is 5.95. The van der Waals surface area contributed by atoms with Gasteiger partial charge < -0.3 is 10.2 Å². The van der Waals surface area contributed by atoms with Gasteiger partial charge in [-0.2, -0.15) is 5.10 Å². The minimum absolute atomic E-state index is 0.484. The Balaban J connectivity index is 1.68. The van der Waals surface area contributed by atoms with Crippen LogP contribution < -0.4 is 10.2 Å². The number of H-pyrrole nitrogens is 1. The fraction of sp³-hybridized carbons (Fsp3) is 0.176. The maximum atomic E-state index is 5.95. The summed E-state index contributed by atoms with van der Waals surface area (Å²) in [5.74, 6) is 1.60. The lowest BCUT2D eigenvalue weighted by Crippen LogP contribution is -2.16. The Labute approximate surface area is 150 Å². The zero-order valence-electron chi connectivity index (χ0n) is 13.1. The quantitative estimate of drug-likeness (QED) is 0.646. The smallest absolute Gasteiger partial charge is 0.214 e. The number of nitrogens with zero attached hydrogens (tertiary/aromatic N) is 2. The fourth-order valence-electron chi connectivity index (χ4n) is 2.26. The van der Waals surface area contributed by atoms with Crippen LogP contribution in [0.1, 0.15) is 17.0 Å². The van der Waals surface area contributed by atoms with Gasteiger partial charge in [0.2, 0.25) is 4.77 Å². The van der Waals surface area contributed by atoms with Gasteiger partial charge in [0.1, 0.15) is 18.2 Å². The topological polar surface area (TPSA) is 54.9 Å². The SMILES string of the molecule is Cc1n[nH]c(=S)n1NCc1ccccc1OCc1ccc(Cl)cc1. The maximum Gasteiger partial charge on any atom is 0.214 e. The highest BCUT2D eigenvalue weighted by Crippen LogP contribution is 2.20. The molecule has 24 heavy (non-hydrogen) atoms. The van der Waals surface area contributed by atoms with E-state index >= 15 is 0 Å². The van der Waals surface area contributed by atoms with Gasteiger partial charge in [0.05, 0.1) is 6.54 Å². The Morgan fingerprint density at radius 3 is 2.67 bits per heavy atom. The van der Waals surface area contributed by atoms with E-state index in [0.29, 0.717) is 17.9 Å². The number of rotatable bonds is 6. The number of nitrogens with one attached hydrogen (secondary N) is 2. The zero-order valence-corrected chi connectivity index (χ0v) is 14.7. The van der Waals surface area contributed by atoms with E-state index in [0.717, 1.165) is 27.7 Å². The van der Waals surface area contributed by atoms with Crippen LogP contribution in [0.15, 0.2) is 48.5 Å². The molecule has 0 atom stereocenters. The van der Waals surface area contributed by atoms with Crippen molar-refractivity contribution in [3.05, 3.63) is 75.3 Å². The van der Waals surface area contributed by atoms with Crippen molar-refractivity contribution in [3.8, 4) is 5.75 Å². The van der Waals surface area contributed by atoms with Crippen LogP contribution in [0.3, 0.4) is 0 Å². The molecule has 2 N–H and O–H groups in total. The summed E-state index contributed by atoms with van der Waals surface area (Å²) in [4.78, 5) is 0. The monoisotopic (exact) mass is 360 g/mol. The highest BCUT2D eigenvalue weighted by atomic mass is 35.5. The number of aromatic nitrogens is 3. The van der Waals surface area contributed by atoms with E-state index in [1.54, 1.807) is 4.68 Å². The molecule has 0 saturated heterocycles. The van der Waals surface area contributed by atoms with Crippen molar-refractivity contribution in [1.82, 2.24) is 14.9 Å². The molecule has 0 aliphatic carbocycles. The first-order valence-electron chi connectivity index (χ1n) is 7.46. The van der Waals surface area contributed by atoms with Gasteiger partial charge in [-0.25, -0.2) is 4.68 Å². The van der Waals surface area contributed by atoms with E-state index in [2.05, 4.69) is 15.6 Å². The number of benzene rings is 2. The van der Waals surface area contributed by atoms with Crippen LogP contribution in [0.2, 0.25) is 5.02 Å². The molecule has 0 aliphatic heterocycles. The summed E-state index contributed by atoms with van der Waals surface area (Å²) in [7, 11) is 0. The minimum atomic E-state index is 0.484. The highest BCUT2D eigenvalue weighted by molar-refractivity contribution is 7.71. The van der Waals surface area contributed by atoms with Gasteiger partial charge in [0.25, 0.3) is 0 Å². The van der Waals surface area contributed by atoms with Crippen LogP contribution in [0.25, 0.3) is 0 Å². The summed E-state index contributed by atoms with van der Waals surface area (Å²) in [5, 5.41) is 7.54. The molecular formula is C17H17ClN4OS. The molecule has 0 amide bonds. The summed E-state index contributed by atoms with van der Waals surface area (Å²) in [6.07, 6.45) is 0. The van der Waals surface area contributed by atoms with Crippen molar-refractivity contribution < 1.29 is 4.74 Å². The first-order chi connectivity index (χ1) is 11.6. The van der Waals surface area contributed by atoms with E-state index in [1.807, 2.05) is 55.5 Å². The minimum Gasteiger partial charge on any atom is -0.489 e. The first kappa shape index (κ1) is 16.5. The number of hydrogen-bond donors (Lipinski definition) is 2. The second-order valence-electron chi connectivity index (χ2n) is 5.27. The second-order valence-corrected chi connectivity index (χ2v) is 6.09. The molecule has 0 aliphatic rings. The number of aryl methyl sites for hydroxylation is 1. The van der Waals surface area contributed by atoms with Crippen LogP contribution in [0.4, 0.5) is 0 Å². The molecule has 7 heteroatoms.